The predicted molar refractivity (Wildman–Crippen MR) is 62.2 cm³/mol. The van der Waals surface area contributed by atoms with Crippen LogP contribution in [0.1, 0.15) is 0 Å². The molecule has 7 heteroatoms. The van der Waals surface area contributed by atoms with Crippen molar-refractivity contribution in [2.75, 3.05) is 4.72 Å². The molecular weight excluding hydrogens is 248 g/mol. The lowest BCUT2D eigenvalue weighted by molar-refractivity contribution is 0.603. The predicted octanol–water partition coefficient (Wildman–Crippen LogP) is 1.24. The van der Waals surface area contributed by atoms with E-state index in [9.17, 15) is 13.2 Å². The Labute approximate surface area is 95.8 Å². The first-order valence-corrected chi connectivity index (χ1v) is 6.69. The average molecular weight is 256 g/mol. The highest BCUT2D eigenvalue weighted by Gasteiger charge is 2.14. The van der Waals surface area contributed by atoms with E-state index in [4.69, 9.17) is 0 Å². The monoisotopic (exact) mass is 256 g/mol. The standard InChI is InChI=1S/C9H8N2O3S2/c12-8-4-3-7(6-10-8)11-16(13,14)9-2-1-5-15-9/h1-6,11H,(H,10,12). The first kappa shape index (κ1) is 10.9. The van der Waals surface area contributed by atoms with Gasteiger partial charge in [-0.1, -0.05) is 6.07 Å². The number of anilines is 1. The fourth-order valence-electron chi connectivity index (χ4n) is 1.10. The quantitative estimate of drug-likeness (QED) is 0.867. The maximum atomic E-state index is 11.8. The van der Waals surface area contributed by atoms with Gasteiger partial charge in [-0.3, -0.25) is 9.52 Å². The van der Waals surface area contributed by atoms with Gasteiger partial charge in [0.05, 0.1) is 5.69 Å². The lowest BCUT2D eigenvalue weighted by Crippen LogP contribution is -2.13. The average Bonchev–Trinajstić information content (AvgIpc) is 2.75. The summed E-state index contributed by atoms with van der Waals surface area (Å²) in [6, 6.07) is 5.83. The van der Waals surface area contributed by atoms with Gasteiger partial charge < -0.3 is 4.98 Å². The Morgan fingerprint density at radius 2 is 2.06 bits per heavy atom. The lowest BCUT2D eigenvalue weighted by Gasteiger charge is -2.04. The van der Waals surface area contributed by atoms with Crippen LogP contribution in [0.25, 0.3) is 0 Å². The maximum absolute atomic E-state index is 11.8. The van der Waals surface area contributed by atoms with Crippen LogP contribution in [0.2, 0.25) is 0 Å². The molecule has 0 saturated carbocycles. The summed E-state index contributed by atoms with van der Waals surface area (Å²) in [5.74, 6) is 0. The summed E-state index contributed by atoms with van der Waals surface area (Å²) in [6.45, 7) is 0. The summed E-state index contributed by atoms with van der Waals surface area (Å²) < 4.78 is 26.1. The minimum Gasteiger partial charge on any atom is -0.327 e. The molecule has 0 spiro atoms. The Bertz CT molecular complexity index is 609. The molecule has 0 fully saturated rings. The third kappa shape index (κ3) is 2.31. The van der Waals surface area contributed by atoms with Crippen LogP contribution in [-0.4, -0.2) is 13.4 Å². The van der Waals surface area contributed by atoms with E-state index in [2.05, 4.69) is 9.71 Å². The summed E-state index contributed by atoms with van der Waals surface area (Å²) >= 11 is 1.13. The van der Waals surface area contributed by atoms with Gasteiger partial charge in [0.15, 0.2) is 0 Å². The van der Waals surface area contributed by atoms with Gasteiger partial charge in [-0.2, -0.15) is 0 Å². The van der Waals surface area contributed by atoms with E-state index in [1.54, 1.807) is 11.4 Å². The minimum atomic E-state index is -3.54. The van der Waals surface area contributed by atoms with Gasteiger partial charge >= 0.3 is 0 Å². The fourth-order valence-corrected chi connectivity index (χ4v) is 3.14. The number of H-pyrrole nitrogens is 1. The minimum absolute atomic E-state index is 0.235. The normalized spacial score (nSPS) is 11.2. The number of aromatic nitrogens is 1. The number of thiophene rings is 1. The summed E-state index contributed by atoms with van der Waals surface area (Å²) in [6.07, 6.45) is 1.31. The van der Waals surface area contributed by atoms with Crippen molar-refractivity contribution in [1.82, 2.24) is 4.98 Å². The molecular formula is C9H8N2O3S2. The molecule has 0 amide bonds. The van der Waals surface area contributed by atoms with E-state index in [1.807, 2.05) is 0 Å². The van der Waals surface area contributed by atoms with E-state index in [0.717, 1.165) is 11.3 Å². The number of nitrogens with one attached hydrogen (secondary N) is 2. The van der Waals surface area contributed by atoms with Crippen molar-refractivity contribution < 1.29 is 8.42 Å². The smallest absolute Gasteiger partial charge is 0.271 e. The number of hydrogen-bond acceptors (Lipinski definition) is 4. The van der Waals surface area contributed by atoms with Gasteiger partial charge in [0.1, 0.15) is 4.21 Å². The summed E-state index contributed by atoms with van der Waals surface area (Å²) in [5, 5.41) is 1.68. The van der Waals surface area contributed by atoms with Gasteiger partial charge in [0.2, 0.25) is 5.56 Å². The molecule has 84 valence electrons. The van der Waals surface area contributed by atoms with Crippen LogP contribution in [-0.2, 0) is 10.0 Å². The fraction of sp³-hybridized carbons (Fsp3) is 0. The van der Waals surface area contributed by atoms with Crippen LogP contribution in [0.5, 0.6) is 0 Å². The topological polar surface area (TPSA) is 79.0 Å². The highest BCUT2D eigenvalue weighted by Crippen LogP contribution is 2.18. The van der Waals surface area contributed by atoms with Crippen molar-refractivity contribution in [3.8, 4) is 0 Å². The molecule has 2 heterocycles. The van der Waals surface area contributed by atoms with Gasteiger partial charge in [-0.05, 0) is 17.5 Å². The Hall–Kier alpha value is -1.60. The molecule has 2 rings (SSSR count). The van der Waals surface area contributed by atoms with Gasteiger partial charge in [0, 0.05) is 12.3 Å². The van der Waals surface area contributed by atoms with E-state index in [0.29, 0.717) is 5.69 Å². The molecule has 16 heavy (non-hydrogen) atoms. The Morgan fingerprint density at radius 1 is 1.25 bits per heavy atom. The van der Waals surface area contributed by atoms with Crippen molar-refractivity contribution in [2.45, 2.75) is 4.21 Å². The van der Waals surface area contributed by atoms with Crippen LogP contribution in [0, 0.1) is 0 Å². The largest absolute Gasteiger partial charge is 0.327 e. The molecule has 0 aromatic carbocycles. The van der Waals surface area contributed by atoms with Crippen LogP contribution < -0.4 is 10.3 Å². The van der Waals surface area contributed by atoms with E-state index in [-0.39, 0.29) is 9.77 Å². The van der Waals surface area contributed by atoms with E-state index < -0.39 is 10.0 Å². The van der Waals surface area contributed by atoms with Crippen LogP contribution in [0.3, 0.4) is 0 Å². The van der Waals surface area contributed by atoms with E-state index >= 15 is 0 Å². The molecule has 0 aliphatic heterocycles. The highest BCUT2D eigenvalue weighted by molar-refractivity contribution is 7.94. The third-order valence-electron chi connectivity index (χ3n) is 1.80. The van der Waals surface area contributed by atoms with Crippen molar-refractivity contribution in [3.63, 3.8) is 0 Å². The number of aromatic amines is 1. The van der Waals surface area contributed by atoms with E-state index in [1.165, 1.54) is 24.4 Å². The van der Waals surface area contributed by atoms with Crippen LogP contribution in [0.15, 0.2) is 44.8 Å². The molecule has 2 aromatic heterocycles. The number of sulfonamides is 1. The molecule has 0 saturated heterocycles. The molecule has 0 aliphatic rings. The van der Waals surface area contributed by atoms with Gasteiger partial charge in [0.25, 0.3) is 10.0 Å². The summed E-state index contributed by atoms with van der Waals surface area (Å²) in [5.41, 5.74) is 0.0482. The molecule has 0 atom stereocenters. The van der Waals surface area contributed by atoms with Gasteiger partial charge in [-0.15, -0.1) is 11.3 Å². The first-order chi connectivity index (χ1) is 7.58. The number of hydrogen-bond donors (Lipinski definition) is 2. The first-order valence-electron chi connectivity index (χ1n) is 4.33. The van der Waals surface area contributed by atoms with Crippen LogP contribution >= 0.6 is 11.3 Å². The van der Waals surface area contributed by atoms with Crippen molar-refractivity contribution in [2.24, 2.45) is 0 Å². The number of pyridine rings is 1. The molecule has 2 N–H and O–H groups in total. The van der Waals surface area contributed by atoms with Crippen molar-refractivity contribution >= 4 is 27.0 Å². The maximum Gasteiger partial charge on any atom is 0.271 e. The molecule has 0 radical (unpaired) electrons. The summed E-state index contributed by atoms with van der Waals surface area (Å²) in [4.78, 5) is 13.2. The van der Waals surface area contributed by atoms with Crippen molar-refractivity contribution in [3.05, 3.63) is 46.2 Å². The Balaban J connectivity index is 2.28. The van der Waals surface area contributed by atoms with Gasteiger partial charge in [-0.25, -0.2) is 8.42 Å². The zero-order valence-electron chi connectivity index (χ0n) is 8.01. The zero-order chi connectivity index (χ0) is 11.6. The summed E-state index contributed by atoms with van der Waals surface area (Å²) in [7, 11) is -3.54. The second-order valence-electron chi connectivity index (χ2n) is 2.98. The SMILES string of the molecule is O=c1ccc(NS(=O)(=O)c2cccs2)c[nH]1. The second kappa shape index (κ2) is 4.11. The molecule has 0 unspecified atom stereocenters. The Morgan fingerprint density at radius 3 is 2.62 bits per heavy atom. The molecule has 5 nitrogen and oxygen atoms in total. The molecule has 0 aliphatic carbocycles. The second-order valence-corrected chi connectivity index (χ2v) is 5.84. The molecule has 0 bridgehead atoms. The molecule has 2 aromatic rings. The van der Waals surface area contributed by atoms with Crippen LogP contribution in [0.4, 0.5) is 5.69 Å². The number of rotatable bonds is 3. The zero-order valence-corrected chi connectivity index (χ0v) is 9.64. The highest BCUT2D eigenvalue weighted by atomic mass is 32.2. The third-order valence-corrected chi connectivity index (χ3v) is 4.58. The lowest BCUT2D eigenvalue weighted by atomic mass is 10.4. The van der Waals surface area contributed by atoms with Crippen molar-refractivity contribution in [1.29, 1.82) is 0 Å². The Kier molecular flexibility index (Phi) is 2.80.